The SMILES string of the molecule is COc1ccccc1CC1(C)Cc2ccccc2C1N. The topological polar surface area (TPSA) is 35.2 Å². The highest BCUT2D eigenvalue weighted by Crippen LogP contribution is 2.46. The first kappa shape index (κ1) is 13.2. The molecule has 0 saturated carbocycles. The van der Waals surface area contributed by atoms with E-state index < -0.39 is 0 Å². The standard InChI is InChI=1S/C18H21NO/c1-18(12-14-8-4-6-10-16(14)20-2)11-13-7-3-5-9-15(13)17(18)19/h3-10,17H,11-12,19H2,1-2H3. The van der Waals surface area contributed by atoms with Crippen LogP contribution in [-0.4, -0.2) is 7.11 Å². The summed E-state index contributed by atoms with van der Waals surface area (Å²) < 4.78 is 5.47. The van der Waals surface area contributed by atoms with Gasteiger partial charge in [-0.05, 0) is 41.0 Å². The quantitative estimate of drug-likeness (QED) is 0.923. The van der Waals surface area contributed by atoms with Gasteiger partial charge in [-0.1, -0.05) is 49.4 Å². The number of rotatable bonds is 3. The molecular weight excluding hydrogens is 246 g/mol. The minimum absolute atomic E-state index is 0.0539. The van der Waals surface area contributed by atoms with E-state index >= 15 is 0 Å². The highest BCUT2D eigenvalue weighted by Gasteiger charge is 2.40. The van der Waals surface area contributed by atoms with Crippen LogP contribution in [0.15, 0.2) is 48.5 Å². The summed E-state index contributed by atoms with van der Waals surface area (Å²) in [4.78, 5) is 0. The predicted octanol–water partition coefficient (Wildman–Crippen LogP) is 3.50. The Kier molecular flexibility index (Phi) is 3.27. The first-order valence-electron chi connectivity index (χ1n) is 7.09. The second kappa shape index (κ2) is 4.95. The number of hydrogen-bond donors (Lipinski definition) is 1. The molecule has 2 heteroatoms. The summed E-state index contributed by atoms with van der Waals surface area (Å²) >= 11 is 0. The molecule has 0 saturated heterocycles. The summed E-state index contributed by atoms with van der Waals surface area (Å²) in [5.41, 5.74) is 10.5. The molecule has 0 amide bonds. The molecule has 1 aliphatic carbocycles. The number of nitrogens with two attached hydrogens (primary N) is 1. The lowest BCUT2D eigenvalue weighted by molar-refractivity contribution is 0.274. The normalized spacial score (nSPS) is 24.4. The number of benzene rings is 2. The van der Waals surface area contributed by atoms with E-state index in [2.05, 4.69) is 43.3 Å². The van der Waals surface area contributed by atoms with E-state index in [1.807, 2.05) is 12.1 Å². The summed E-state index contributed by atoms with van der Waals surface area (Å²) in [5, 5.41) is 0. The van der Waals surface area contributed by atoms with Gasteiger partial charge in [-0.15, -0.1) is 0 Å². The maximum atomic E-state index is 6.52. The third-order valence-corrected chi connectivity index (χ3v) is 4.52. The summed E-state index contributed by atoms with van der Waals surface area (Å²) in [6, 6.07) is 16.8. The third kappa shape index (κ3) is 2.10. The van der Waals surface area contributed by atoms with E-state index in [1.54, 1.807) is 7.11 Å². The van der Waals surface area contributed by atoms with Crippen molar-refractivity contribution in [1.82, 2.24) is 0 Å². The van der Waals surface area contributed by atoms with Crippen molar-refractivity contribution in [2.75, 3.05) is 7.11 Å². The average Bonchev–Trinajstić information content (AvgIpc) is 2.71. The molecule has 2 aromatic carbocycles. The zero-order valence-electron chi connectivity index (χ0n) is 12.1. The largest absolute Gasteiger partial charge is 0.496 e. The molecule has 2 atom stereocenters. The molecule has 0 fully saturated rings. The Morgan fingerprint density at radius 2 is 1.85 bits per heavy atom. The molecule has 0 heterocycles. The Balaban J connectivity index is 1.92. The zero-order chi connectivity index (χ0) is 14.2. The lowest BCUT2D eigenvalue weighted by Gasteiger charge is -2.30. The number of methoxy groups -OCH3 is 1. The second-order valence-electron chi connectivity index (χ2n) is 6.00. The van der Waals surface area contributed by atoms with E-state index in [1.165, 1.54) is 16.7 Å². The summed E-state index contributed by atoms with van der Waals surface area (Å²) in [6.07, 6.45) is 1.97. The number of ether oxygens (including phenoxy) is 1. The number of fused-ring (bicyclic) bond motifs is 1. The predicted molar refractivity (Wildman–Crippen MR) is 81.9 cm³/mol. The van der Waals surface area contributed by atoms with Gasteiger partial charge in [0.15, 0.2) is 0 Å². The Labute approximate surface area is 120 Å². The Morgan fingerprint density at radius 3 is 2.60 bits per heavy atom. The van der Waals surface area contributed by atoms with E-state index in [9.17, 15) is 0 Å². The van der Waals surface area contributed by atoms with Crippen LogP contribution in [-0.2, 0) is 12.8 Å². The van der Waals surface area contributed by atoms with E-state index in [-0.39, 0.29) is 11.5 Å². The summed E-state index contributed by atoms with van der Waals surface area (Å²) in [5.74, 6) is 0.955. The minimum atomic E-state index is 0.0539. The Morgan fingerprint density at radius 1 is 1.15 bits per heavy atom. The summed E-state index contributed by atoms with van der Waals surface area (Å²) in [6.45, 7) is 2.28. The monoisotopic (exact) mass is 267 g/mol. The van der Waals surface area contributed by atoms with Crippen LogP contribution in [0.2, 0.25) is 0 Å². The fourth-order valence-electron chi connectivity index (χ4n) is 3.38. The van der Waals surface area contributed by atoms with Crippen LogP contribution < -0.4 is 10.5 Å². The lowest BCUT2D eigenvalue weighted by atomic mass is 9.77. The van der Waals surface area contributed by atoms with Crippen molar-refractivity contribution < 1.29 is 4.74 Å². The molecular formula is C18H21NO. The van der Waals surface area contributed by atoms with Crippen molar-refractivity contribution in [3.63, 3.8) is 0 Å². The van der Waals surface area contributed by atoms with Crippen molar-refractivity contribution in [1.29, 1.82) is 0 Å². The van der Waals surface area contributed by atoms with Crippen LogP contribution in [0.3, 0.4) is 0 Å². The van der Waals surface area contributed by atoms with E-state index in [4.69, 9.17) is 10.5 Å². The molecule has 1 aliphatic rings. The van der Waals surface area contributed by atoms with Gasteiger partial charge in [0.05, 0.1) is 7.11 Å². The zero-order valence-corrected chi connectivity index (χ0v) is 12.1. The van der Waals surface area contributed by atoms with Crippen LogP contribution in [0, 0.1) is 5.41 Å². The van der Waals surface area contributed by atoms with Crippen LogP contribution >= 0.6 is 0 Å². The van der Waals surface area contributed by atoms with Crippen molar-refractivity contribution >= 4 is 0 Å². The molecule has 0 aromatic heterocycles. The van der Waals surface area contributed by atoms with Crippen molar-refractivity contribution in [3.05, 3.63) is 65.2 Å². The summed E-state index contributed by atoms with van der Waals surface area (Å²) in [7, 11) is 1.73. The van der Waals surface area contributed by atoms with Crippen LogP contribution in [0.25, 0.3) is 0 Å². The molecule has 3 rings (SSSR count). The maximum absolute atomic E-state index is 6.52. The first-order valence-corrected chi connectivity index (χ1v) is 7.09. The van der Waals surface area contributed by atoms with Crippen molar-refractivity contribution in [2.45, 2.75) is 25.8 Å². The highest BCUT2D eigenvalue weighted by atomic mass is 16.5. The van der Waals surface area contributed by atoms with Crippen LogP contribution in [0.1, 0.15) is 29.7 Å². The average molecular weight is 267 g/mol. The molecule has 2 nitrogen and oxygen atoms in total. The molecule has 2 N–H and O–H groups in total. The third-order valence-electron chi connectivity index (χ3n) is 4.52. The Hall–Kier alpha value is -1.80. The van der Waals surface area contributed by atoms with Crippen LogP contribution in [0.4, 0.5) is 0 Å². The van der Waals surface area contributed by atoms with Gasteiger partial charge in [-0.2, -0.15) is 0 Å². The van der Waals surface area contributed by atoms with E-state index in [0.29, 0.717) is 0 Å². The fraction of sp³-hybridized carbons (Fsp3) is 0.333. The molecule has 20 heavy (non-hydrogen) atoms. The first-order chi connectivity index (χ1) is 9.64. The van der Waals surface area contributed by atoms with E-state index in [0.717, 1.165) is 18.6 Å². The van der Waals surface area contributed by atoms with Crippen LogP contribution in [0.5, 0.6) is 5.75 Å². The second-order valence-corrected chi connectivity index (χ2v) is 6.00. The molecule has 2 aromatic rings. The van der Waals surface area contributed by atoms with Crippen molar-refractivity contribution in [3.8, 4) is 5.75 Å². The van der Waals surface area contributed by atoms with Gasteiger partial charge in [0, 0.05) is 6.04 Å². The maximum Gasteiger partial charge on any atom is 0.122 e. The highest BCUT2D eigenvalue weighted by molar-refractivity contribution is 5.40. The fourth-order valence-corrected chi connectivity index (χ4v) is 3.38. The van der Waals surface area contributed by atoms with Gasteiger partial charge < -0.3 is 10.5 Å². The van der Waals surface area contributed by atoms with Gasteiger partial charge in [0.1, 0.15) is 5.75 Å². The van der Waals surface area contributed by atoms with Gasteiger partial charge in [0.2, 0.25) is 0 Å². The molecule has 0 spiro atoms. The molecule has 0 radical (unpaired) electrons. The van der Waals surface area contributed by atoms with Crippen molar-refractivity contribution in [2.24, 2.45) is 11.1 Å². The molecule has 104 valence electrons. The molecule has 0 bridgehead atoms. The lowest BCUT2D eigenvalue weighted by Crippen LogP contribution is -2.30. The molecule has 0 aliphatic heterocycles. The minimum Gasteiger partial charge on any atom is -0.496 e. The van der Waals surface area contributed by atoms with Gasteiger partial charge in [-0.25, -0.2) is 0 Å². The Bertz CT molecular complexity index is 622. The number of para-hydroxylation sites is 1. The van der Waals surface area contributed by atoms with Gasteiger partial charge >= 0.3 is 0 Å². The van der Waals surface area contributed by atoms with Gasteiger partial charge in [-0.3, -0.25) is 0 Å². The smallest absolute Gasteiger partial charge is 0.122 e. The number of hydrogen-bond acceptors (Lipinski definition) is 2. The molecule has 2 unspecified atom stereocenters. The van der Waals surface area contributed by atoms with Gasteiger partial charge in [0.25, 0.3) is 0 Å².